The van der Waals surface area contributed by atoms with Gasteiger partial charge in [-0.25, -0.2) is 47.5 Å². The third-order valence-corrected chi connectivity index (χ3v) is 12.9. The Kier molecular flexibility index (Phi) is 27.1. The number of nitrogens with one attached hydrogen (secondary N) is 2. The molecule has 2 N–H and O–H groups in total. The quantitative estimate of drug-likeness (QED) is 0.0284. The summed E-state index contributed by atoms with van der Waals surface area (Å²) in [6, 6.07) is 0. The molecule has 1 heterocycles. The van der Waals surface area contributed by atoms with Crippen LogP contribution < -0.4 is 27.7 Å². The van der Waals surface area contributed by atoms with E-state index >= 15 is 0 Å². The first-order valence-corrected chi connectivity index (χ1v) is 25.4. The predicted molar refractivity (Wildman–Crippen MR) is 237 cm³/mol. The Hall–Kier alpha value is -6.05. The first-order valence-electron chi connectivity index (χ1n) is 25.4. The lowest BCUT2D eigenvalue weighted by Gasteiger charge is -2.42. The molecule has 0 radical (unpaired) electrons. The van der Waals surface area contributed by atoms with Crippen LogP contribution in [-0.2, 0) is 33.9 Å². The Morgan fingerprint density at radius 2 is 0.565 bits per heavy atom. The summed E-state index contributed by atoms with van der Waals surface area (Å²) in [4.78, 5) is 77.4. The highest BCUT2D eigenvalue weighted by atomic mass is 19.4. The number of nitrogens with zero attached hydrogens (tertiary/aromatic N) is 4. The van der Waals surface area contributed by atoms with Crippen LogP contribution in [0.25, 0.3) is 0 Å². The average molecular weight is 1430 g/mol. The van der Waals surface area contributed by atoms with Gasteiger partial charge in [0.05, 0.1) is 32.6 Å². The second-order valence-corrected chi connectivity index (χ2v) is 19.4. The Morgan fingerprint density at radius 3 is 0.815 bits per heavy atom. The lowest BCUT2D eigenvalue weighted by Crippen LogP contribution is -2.74. The van der Waals surface area contributed by atoms with Crippen LogP contribution in [0.2, 0.25) is 0 Å². The van der Waals surface area contributed by atoms with Crippen molar-refractivity contribution in [3.8, 4) is 0 Å². The number of alkyl halides is 34. The van der Waals surface area contributed by atoms with Gasteiger partial charge in [0.15, 0.2) is 0 Å². The van der Waals surface area contributed by atoms with E-state index in [0.29, 0.717) is 33.0 Å². The van der Waals surface area contributed by atoms with Crippen molar-refractivity contribution < 1.29 is 173 Å². The number of hydrogen-bond donors (Lipinski definition) is 2. The van der Waals surface area contributed by atoms with E-state index in [1.54, 1.807) is 10.6 Å². The molecule has 0 bridgehead atoms. The number of aliphatic imine (C=N–C) groups is 1. The van der Waals surface area contributed by atoms with Gasteiger partial charge >= 0.3 is 125 Å². The van der Waals surface area contributed by atoms with Crippen molar-refractivity contribution in [1.82, 2.24) is 24.3 Å². The maximum atomic E-state index is 14.1. The molecule has 0 spiro atoms. The van der Waals surface area contributed by atoms with Gasteiger partial charge in [-0.1, -0.05) is 38.5 Å². The Morgan fingerprint density at radius 1 is 0.337 bits per heavy atom. The fraction of sp³-hybridized carbons (Fsp3) is 0.864. The molecule has 14 nitrogen and oxygen atoms in total. The van der Waals surface area contributed by atoms with Crippen LogP contribution in [0.3, 0.4) is 0 Å². The largest absolute Gasteiger partial charge is 0.460 e. The first-order chi connectivity index (χ1) is 41.2. The van der Waals surface area contributed by atoms with E-state index in [4.69, 9.17) is 0 Å². The molecular formula is C44H46F34N6O8. The molecular weight excluding hydrogens is 1390 g/mol. The van der Waals surface area contributed by atoms with Crippen molar-refractivity contribution in [3.63, 3.8) is 0 Å². The van der Waals surface area contributed by atoms with Gasteiger partial charge in [-0.2, -0.15) is 149 Å². The topological polar surface area (TPSA) is 172 Å². The zero-order valence-corrected chi connectivity index (χ0v) is 45.5. The summed E-state index contributed by atoms with van der Waals surface area (Å²) >= 11 is 0. The highest BCUT2D eigenvalue weighted by Crippen LogP contribution is 2.66. The second-order valence-electron chi connectivity index (χ2n) is 19.4. The summed E-state index contributed by atoms with van der Waals surface area (Å²) in [7, 11) is 0. The van der Waals surface area contributed by atoms with Crippen molar-refractivity contribution >= 4 is 18.3 Å². The third-order valence-electron chi connectivity index (χ3n) is 12.9. The van der Waals surface area contributed by atoms with Gasteiger partial charge < -0.3 is 20.1 Å². The van der Waals surface area contributed by atoms with Crippen LogP contribution in [0.5, 0.6) is 0 Å². The summed E-state index contributed by atoms with van der Waals surface area (Å²) in [6.45, 7) is -6.78. The number of amides is 2. The molecule has 1 aromatic heterocycles. The summed E-state index contributed by atoms with van der Waals surface area (Å²) in [5.74, 6) is -116. The second kappa shape index (κ2) is 29.7. The number of halogens is 34. The maximum absolute atomic E-state index is 14.1. The van der Waals surface area contributed by atoms with Crippen LogP contribution in [0.1, 0.15) is 89.9 Å². The smallest absolute Gasteiger partial charge is 0.449 e. The summed E-state index contributed by atoms with van der Waals surface area (Å²) in [6.07, 6.45) is -24.0. The molecule has 0 fully saturated rings. The summed E-state index contributed by atoms with van der Waals surface area (Å²) in [5.41, 5.74) is -3.53. The van der Waals surface area contributed by atoms with Crippen molar-refractivity contribution in [2.45, 2.75) is 205 Å². The minimum atomic E-state index is -8.85. The van der Waals surface area contributed by atoms with Crippen LogP contribution in [-0.4, -0.2) is 160 Å². The highest BCUT2D eigenvalue weighted by molar-refractivity contribution is 5.67. The van der Waals surface area contributed by atoms with Crippen LogP contribution in [0.4, 0.5) is 159 Å². The molecule has 1 rings (SSSR count). The number of carbonyl (C=O) groups excluding carboxylic acids is 3. The van der Waals surface area contributed by atoms with Gasteiger partial charge in [0.25, 0.3) is 0 Å². The Bertz CT molecular complexity index is 2680. The van der Waals surface area contributed by atoms with Gasteiger partial charge in [-0.3, -0.25) is 0 Å². The molecule has 0 aromatic carbocycles. The van der Waals surface area contributed by atoms with E-state index in [-0.39, 0.29) is 70.9 Å². The Labute approximate surface area is 490 Å². The number of unbranched alkanes of at least 4 members (excludes halogenated alkanes) is 9. The van der Waals surface area contributed by atoms with Crippen molar-refractivity contribution in [2.75, 3.05) is 32.8 Å². The SMILES string of the molecule is O=C=NCCCCCCn1c(=O)n(CCCCCCNC(=O)OCCC(F)(F)C(F)(F)C(F)(F)C(F)(F)C(F)(F)C(F)(F)C(F)(F)C(F)(F)F)c(=O)n(CCCCCCNC(=O)OCCC(F)(F)C(F)(F)C(F)(F)C(F)(F)C(F)(F)C(F)(F)C(F)(F)C(F)(F)F)c1=O. The minimum Gasteiger partial charge on any atom is -0.449 e. The molecule has 1 aromatic rings. The number of carbonyl (C=O) groups is 2. The van der Waals surface area contributed by atoms with Gasteiger partial charge in [0.2, 0.25) is 6.08 Å². The monoisotopic (exact) mass is 1430 g/mol. The molecule has 0 aliphatic heterocycles. The van der Waals surface area contributed by atoms with Crippen molar-refractivity contribution in [1.29, 1.82) is 0 Å². The molecule has 538 valence electrons. The average Bonchev–Trinajstić information content (AvgIpc) is 0.704. The normalized spacial score (nSPS) is 14.5. The lowest BCUT2D eigenvalue weighted by molar-refractivity contribution is -0.461. The molecule has 0 aliphatic carbocycles. The Balaban J connectivity index is 2.95. The number of ether oxygens (including phenoxy) is 2. The van der Waals surface area contributed by atoms with Crippen molar-refractivity contribution in [2.24, 2.45) is 4.99 Å². The van der Waals surface area contributed by atoms with E-state index in [2.05, 4.69) is 14.5 Å². The molecule has 92 heavy (non-hydrogen) atoms. The van der Waals surface area contributed by atoms with E-state index in [1.165, 1.54) is 6.08 Å². The number of hydrogen-bond acceptors (Lipinski definition) is 9. The highest BCUT2D eigenvalue weighted by Gasteiger charge is 2.97. The molecule has 0 atom stereocenters. The summed E-state index contributed by atoms with van der Waals surface area (Å²) < 4.78 is 468. The zero-order valence-electron chi connectivity index (χ0n) is 45.5. The number of rotatable bonds is 39. The van der Waals surface area contributed by atoms with Crippen molar-refractivity contribution in [3.05, 3.63) is 31.5 Å². The third kappa shape index (κ3) is 16.5. The molecule has 0 unspecified atom stereocenters. The molecule has 0 aliphatic rings. The zero-order chi connectivity index (χ0) is 72.4. The molecule has 0 saturated carbocycles. The minimum absolute atomic E-state index is 0.00331. The molecule has 2 amide bonds. The van der Waals surface area contributed by atoms with Gasteiger partial charge in [0, 0.05) is 32.7 Å². The van der Waals surface area contributed by atoms with E-state index in [1.807, 2.05) is 0 Å². The molecule has 48 heteroatoms. The van der Waals surface area contributed by atoms with Crippen LogP contribution in [0.15, 0.2) is 19.4 Å². The number of aromatic nitrogens is 3. The number of alkyl carbamates (subject to hydrolysis) is 2. The van der Waals surface area contributed by atoms with Gasteiger partial charge in [0.1, 0.15) is 0 Å². The lowest BCUT2D eigenvalue weighted by atomic mass is 9.88. The standard InChI is InChI=1S/C44H46F34N6O8/c45-29(46,31(49,50)33(53,54)35(57,58)37(61,62)39(65,66)41(69,70)43(73,74)75)13-21-91-24(86)80-16-8-2-5-11-19-83-26(88)82(18-10-4-1-7-15-79-23-85)27(89)84(28(83)90)20-12-6-3-9-17-81-25(87)92-22-14-30(47,48)32(51,52)34(55,56)36(59,60)38(63,64)40(67,68)42(71,72)44(76,77)78/h1-22H2,(H,80,86)(H,81,87). The van der Waals surface area contributed by atoms with Crippen LogP contribution in [0, 0.1) is 0 Å². The van der Waals surface area contributed by atoms with E-state index in [9.17, 15) is 178 Å². The fourth-order valence-corrected chi connectivity index (χ4v) is 7.35. The molecule has 0 saturated heterocycles. The maximum Gasteiger partial charge on any atom is 0.460 e. The number of isocyanates is 1. The van der Waals surface area contributed by atoms with E-state index < -0.39 is 177 Å². The first kappa shape index (κ1) is 84.0. The van der Waals surface area contributed by atoms with Crippen LogP contribution >= 0.6 is 0 Å². The predicted octanol–water partition coefficient (Wildman–Crippen LogP) is 13.4. The fourth-order valence-electron chi connectivity index (χ4n) is 7.35. The van der Waals surface area contributed by atoms with Gasteiger partial charge in [-0.05, 0) is 38.5 Å². The summed E-state index contributed by atoms with van der Waals surface area (Å²) in [5, 5.41) is 3.48. The van der Waals surface area contributed by atoms with Gasteiger partial charge in [-0.15, -0.1) is 0 Å². The van der Waals surface area contributed by atoms with E-state index in [0.717, 1.165) is 0 Å².